The number of nitrogens with zero attached hydrogens (tertiary/aromatic N) is 2. The highest BCUT2D eigenvalue weighted by Gasteiger charge is 2.18. The van der Waals surface area contributed by atoms with E-state index in [-0.39, 0.29) is 25.4 Å². The van der Waals surface area contributed by atoms with Crippen molar-refractivity contribution in [1.82, 2.24) is 14.6 Å². The number of hydrogen-bond acceptors (Lipinski definition) is 4. The molecule has 0 bridgehead atoms. The minimum absolute atomic E-state index is 0.0720. The van der Waals surface area contributed by atoms with Crippen molar-refractivity contribution < 1.29 is 13.2 Å². The van der Waals surface area contributed by atoms with Crippen molar-refractivity contribution in [3.8, 4) is 0 Å². The number of aromatic nitrogens is 1. The van der Waals surface area contributed by atoms with E-state index in [0.29, 0.717) is 11.6 Å². The molecule has 0 atom stereocenters. The lowest BCUT2D eigenvalue weighted by Crippen LogP contribution is -2.34. The highest BCUT2D eigenvalue weighted by molar-refractivity contribution is 7.88. The average Bonchev–Trinajstić information content (AvgIpc) is 2.57. The molecule has 0 aliphatic rings. The predicted octanol–water partition coefficient (Wildman–Crippen LogP) is 2.20. The average molecular weight is 382 g/mol. The van der Waals surface area contributed by atoms with Gasteiger partial charge in [0, 0.05) is 43.5 Å². The Hall–Kier alpha value is -1.96. The summed E-state index contributed by atoms with van der Waals surface area (Å²) in [4.78, 5) is 15.9. The van der Waals surface area contributed by atoms with Crippen LogP contribution in [0, 0.1) is 0 Å². The standard InChI is InChI=1S/C17H20ClN3O3S/c1-25(23,24)21(13-14-6-9-19-10-7-14)11-8-17(22)20-12-15-4-2-3-5-16(15)18/h2-7,9-10H,8,11-13H2,1H3,(H,20,22). The minimum atomic E-state index is -3.42. The molecule has 0 aliphatic carbocycles. The fourth-order valence-electron chi connectivity index (χ4n) is 2.20. The van der Waals surface area contributed by atoms with Crippen LogP contribution in [0.15, 0.2) is 48.8 Å². The maximum absolute atomic E-state index is 12.0. The lowest BCUT2D eigenvalue weighted by molar-refractivity contribution is -0.121. The number of hydrogen-bond donors (Lipinski definition) is 1. The van der Waals surface area contributed by atoms with Gasteiger partial charge in [-0.05, 0) is 29.3 Å². The Morgan fingerprint density at radius 2 is 1.88 bits per heavy atom. The Labute approximate surface area is 152 Å². The van der Waals surface area contributed by atoms with Crippen molar-refractivity contribution in [2.75, 3.05) is 12.8 Å². The minimum Gasteiger partial charge on any atom is -0.352 e. The zero-order valence-electron chi connectivity index (χ0n) is 13.9. The summed E-state index contributed by atoms with van der Waals surface area (Å²) in [6.07, 6.45) is 4.41. The Bertz CT molecular complexity index is 813. The van der Waals surface area contributed by atoms with Crippen LogP contribution in [0.3, 0.4) is 0 Å². The molecule has 0 saturated carbocycles. The van der Waals surface area contributed by atoms with Gasteiger partial charge >= 0.3 is 0 Å². The molecule has 0 radical (unpaired) electrons. The zero-order chi connectivity index (χ0) is 18.3. The van der Waals surface area contributed by atoms with E-state index in [2.05, 4.69) is 10.3 Å². The number of halogens is 1. The van der Waals surface area contributed by atoms with Crippen LogP contribution in [0.4, 0.5) is 0 Å². The van der Waals surface area contributed by atoms with Gasteiger partial charge in [0.15, 0.2) is 0 Å². The SMILES string of the molecule is CS(=O)(=O)N(CCC(=O)NCc1ccccc1Cl)Cc1ccncc1. The van der Waals surface area contributed by atoms with Crippen molar-refractivity contribution in [2.24, 2.45) is 0 Å². The Morgan fingerprint density at radius 1 is 1.20 bits per heavy atom. The third kappa shape index (κ3) is 6.45. The van der Waals surface area contributed by atoms with Crippen LogP contribution in [-0.2, 0) is 27.9 Å². The fraction of sp³-hybridized carbons (Fsp3) is 0.294. The van der Waals surface area contributed by atoms with E-state index >= 15 is 0 Å². The lowest BCUT2D eigenvalue weighted by Gasteiger charge is -2.19. The van der Waals surface area contributed by atoms with Crippen LogP contribution in [-0.4, -0.2) is 36.4 Å². The van der Waals surface area contributed by atoms with Gasteiger partial charge in [-0.2, -0.15) is 4.31 Å². The van der Waals surface area contributed by atoms with Crippen molar-refractivity contribution in [3.63, 3.8) is 0 Å². The first-order valence-corrected chi connectivity index (χ1v) is 9.93. The first kappa shape index (κ1) is 19.4. The second-order valence-electron chi connectivity index (χ2n) is 5.57. The molecule has 6 nitrogen and oxygen atoms in total. The summed E-state index contributed by atoms with van der Waals surface area (Å²) in [5.41, 5.74) is 1.63. The summed E-state index contributed by atoms with van der Waals surface area (Å²) in [7, 11) is -3.42. The van der Waals surface area contributed by atoms with Gasteiger partial charge in [-0.15, -0.1) is 0 Å². The zero-order valence-corrected chi connectivity index (χ0v) is 15.4. The van der Waals surface area contributed by atoms with Gasteiger partial charge < -0.3 is 5.32 Å². The Kier molecular flexibility index (Phi) is 6.92. The fourth-order valence-corrected chi connectivity index (χ4v) is 3.21. The number of carbonyl (C=O) groups excluding carboxylic acids is 1. The molecule has 2 rings (SSSR count). The third-order valence-electron chi connectivity index (χ3n) is 3.60. The molecule has 0 unspecified atom stereocenters. The summed E-state index contributed by atoms with van der Waals surface area (Å²) >= 11 is 6.04. The number of sulfonamides is 1. The largest absolute Gasteiger partial charge is 0.352 e. The van der Waals surface area contributed by atoms with E-state index in [1.165, 1.54) is 4.31 Å². The molecule has 0 spiro atoms. The van der Waals surface area contributed by atoms with Gasteiger partial charge in [-0.3, -0.25) is 9.78 Å². The molecule has 8 heteroatoms. The molecule has 134 valence electrons. The molecule has 2 aromatic rings. The van der Waals surface area contributed by atoms with E-state index in [1.54, 1.807) is 30.6 Å². The van der Waals surface area contributed by atoms with E-state index < -0.39 is 10.0 Å². The van der Waals surface area contributed by atoms with Crippen LogP contribution < -0.4 is 5.32 Å². The maximum atomic E-state index is 12.0. The summed E-state index contributed by atoms with van der Waals surface area (Å²) < 4.78 is 25.1. The Morgan fingerprint density at radius 3 is 2.52 bits per heavy atom. The van der Waals surface area contributed by atoms with Crippen molar-refractivity contribution >= 4 is 27.5 Å². The molecule has 0 fully saturated rings. The number of carbonyl (C=O) groups is 1. The first-order valence-electron chi connectivity index (χ1n) is 7.70. The van der Waals surface area contributed by atoms with E-state index in [1.807, 2.05) is 18.2 Å². The highest BCUT2D eigenvalue weighted by atomic mass is 35.5. The van der Waals surface area contributed by atoms with E-state index in [9.17, 15) is 13.2 Å². The van der Waals surface area contributed by atoms with Crippen molar-refractivity contribution in [3.05, 3.63) is 64.9 Å². The molecule has 25 heavy (non-hydrogen) atoms. The van der Waals surface area contributed by atoms with Gasteiger partial charge in [0.2, 0.25) is 15.9 Å². The summed E-state index contributed by atoms with van der Waals surface area (Å²) in [6, 6.07) is 10.7. The molecule has 1 amide bonds. The number of nitrogens with one attached hydrogen (secondary N) is 1. The van der Waals surface area contributed by atoms with Gasteiger partial charge in [0.1, 0.15) is 0 Å². The predicted molar refractivity (Wildman–Crippen MR) is 97.4 cm³/mol. The summed E-state index contributed by atoms with van der Waals surface area (Å²) in [5, 5.41) is 3.34. The van der Waals surface area contributed by atoms with Gasteiger partial charge in [-0.25, -0.2) is 8.42 Å². The topological polar surface area (TPSA) is 79.4 Å². The van der Waals surface area contributed by atoms with Crippen molar-refractivity contribution in [2.45, 2.75) is 19.5 Å². The number of amides is 1. The molecule has 1 aromatic heterocycles. The second kappa shape index (κ2) is 8.94. The van der Waals surface area contributed by atoms with E-state index in [4.69, 9.17) is 11.6 Å². The lowest BCUT2D eigenvalue weighted by atomic mass is 10.2. The van der Waals surface area contributed by atoms with Gasteiger partial charge in [0.25, 0.3) is 0 Å². The number of benzene rings is 1. The highest BCUT2D eigenvalue weighted by Crippen LogP contribution is 2.14. The summed E-state index contributed by atoms with van der Waals surface area (Å²) in [5.74, 6) is -0.233. The second-order valence-corrected chi connectivity index (χ2v) is 7.96. The van der Waals surface area contributed by atoms with Crippen molar-refractivity contribution in [1.29, 1.82) is 0 Å². The third-order valence-corrected chi connectivity index (χ3v) is 5.22. The quantitative estimate of drug-likeness (QED) is 0.760. The van der Waals surface area contributed by atoms with Gasteiger partial charge in [0.05, 0.1) is 6.26 Å². The first-order chi connectivity index (χ1) is 11.9. The maximum Gasteiger partial charge on any atom is 0.221 e. The molecular formula is C17H20ClN3O3S. The molecule has 1 aromatic carbocycles. The van der Waals surface area contributed by atoms with Crippen LogP contribution in [0.25, 0.3) is 0 Å². The molecule has 1 N–H and O–H groups in total. The van der Waals surface area contributed by atoms with Crippen LogP contribution in [0.5, 0.6) is 0 Å². The molecular weight excluding hydrogens is 362 g/mol. The van der Waals surface area contributed by atoms with E-state index in [0.717, 1.165) is 17.4 Å². The number of pyridine rings is 1. The summed E-state index contributed by atoms with van der Waals surface area (Å²) in [6.45, 7) is 0.621. The van der Waals surface area contributed by atoms with Crippen LogP contribution in [0.2, 0.25) is 5.02 Å². The number of rotatable bonds is 8. The monoisotopic (exact) mass is 381 g/mol. The molecule has 0 saturated heterocycles. The molecule has 1 heterocycles. The van der Waals surface area contributed by atoms with Gasteiger partial charge in [-0.1, -0.05) is 29.8 Å². The molecule has 0 aliphatic heterocycles. The smallest absolute Gasteiger partial charge is 0.221 e. The van der Waals surface area contributed by atoms with Crippen LogP contribution >= 0.6 is 11.6 Å². The van der Waals surface area contributed by atoms with Crippen LogP contribution in [0.1, 0.15) is 17.5 Å². The Balaban J connectivity index is 1.89. The normalized spacial score (nSPS) is 11.5.